The lowest BCUT2D eigenvalue weighted by Crippen LogP contribution is -2.23. The van der Waals surface area contributed by atoms with E-state index in [1.165, 1.54) is 0 Å². The Bertz CT molecular complexity index is 1520. The predicted octanol–water partition coefficient (Wildman–Crippen LogP) is 4.34. The quantitative estimate of drug-likeness (QED) is 0.358. The third kappa shape index (κ3) is 4.90. The number of amides is 1. The first kappa shape index (κ1) is 22.7. The van der Waals surface area contributed by atoms with Gasteiger partial charge in [-0.25, -0.2) is 14.2 Å². The van der Waals surface area contributed by atoms with Crippen LogP contribution in [-0.4, -0.2) is 39.3 Å². The average molecular weight is 485 g/mol. The molecule has 0 aliphatic heterocycles. The number of rotatable bonds is 7. The molecule has 1 amide bonds. The van der Waals surface area contributed by atoms with Crippen LogP contribution in [0.1, 0.15) is 30.0 Å². The smallest absolute Gasteiger partial charge is 0.253 e. The molecule has 2 N–H and O–H groups in total. The van der Waals surface area contributed by atoms with Gasteiger partial charge in [0.1, 0.15) is 16.8 Å². The standard InChI is InChI=1S/C26H24N6O2S/c1-17(2)35(34)32-13-10-21(16-32)26(33)28-15-24-29-23-7-6-22(30-25(23)31-24)20-5-3-4-19(14-20)18-8-11-27-12-9-18/h3-14,16-17H,15H2,1-2H3,(H,28,33)(H,29,30,31). The Morgan fingerprint density at radius 2 is 1.83 bits per heavy atom. The molecule has 0 saturated carbocycles. The molecule has 5 rings (SSSR count). The lowest BCUT2D eigenvalue weighted by Gasteiger charge is -2.05. The topological polar surface area (TPSA) is 106 Å². The number of benzene rings is 1. The van der Waals surface area contributed by atoms with E-state index in [9.17, 15) is 9.00 Å². The van der Waals surface area contributed by atoms with Crippen LogP contribution in [0.2, 0.25) is 0 Å². The minimum absolute atomic E-state index is 0.0376. The number of imidazole rings is 1. The number of hydrogen-bond donors (Lipinski definition) is 2. The number of fused-ring (bicyclic) bond motifs is 1. The summed E-state index contributed by atoms with van der Waals surface area (Å²) in [4.78, 5) is 29.1. The first-order chi connectivity index (χ1) is 17.0. The Morgan fingerprint density at radius 3 is 2.63 bits per heavy atom. The van der Waals surface area contributed by atoms with E-state index in [1.807, 2.05) is 50.2 Å². The highest BCUT2D eigenvalue weighted by atomic mass is 32.2. The first-order valence-electron chi connectivity index (χ1n) is 11.2. The number of H-pyrrole nitrogens is 1. The summed E-state index contributed by atoms with van der Waals surface area (Å²) < 4.78 is 13.7. The molecule has 8 nitrogen and oxygen atoms in total. The second-order valence-electron chi connectivity index (χ2n) is 8.34. The average Bonchev–Trinajstić information content (AvgIpc) is 3.54. The van der Waals surface area contributed by atoms with Gasteiger partial charge in [0.2, 0.25) is 0 Å². The number of nitrogens with zero attached hydrogens (tertiary/aromatic N) is 4. The molecule has 0 radical (unpaired) electrons. The Morgan fingerprint density at radius 1 is 1.03 bits per heavy atom. The van der Waals surface area contributed by atoms with E-state index in [-0.39, 0.29) is 17.7 Å². The summed E-state index contributed by atoms with van der Waals surface area (Å²) in [5.74, 6) is 0.347. The minimum atomic E-state index is -1.20. The molecule has 1 atom stereocenters. The van der Waals surface area contributed by atoms with Crippen molar-refractivity contribution in [1.29, 1.82) is 0 Å². The van der Waals surface area contributed by atoms with Crippen LogP contribution in [0.15, 0.2) is 79.4 Å². The number of aromatic nitrogens is 5. The molecular weight excluding hydrogens is 460 g/mol. The first-order valence-corrected chi connectivity index (χ1v) is 12.4. The van der Waals surface area contributed by atoms with E-state index in [2.05, 4.69) is 32.4 Å². The monoisotopic (exact) mass is 484 g/mol. The summed E-state index contributed by atoms with van der Waals surface area (Å²) in [6, 6.07) is 17.7. The molecule has 0 aliphatic carbocycles. The summed E-state index contributed by atoms with van der Waals surface area (Å²) in [5, 5.41) is 2.81. The van der Waals surface area contributed by atoms with Crippen LogP contribution < -0.4 is 5.32 Å². The molecule has 5 aromatic rings. The van der Waals surface area contributed by atoms with Gasteiger partial charge in [0.25, 0.3) is 5.91 Å². The maximum Gasteiger partial charge on any atom is 0.253 e. The van der Waals surface area contributed by atoms with Crippen LogP contribution in [-0.2, 0) is 17.5 Å². The third-order valence-electron chi connectivity index (χ3n) is 5.52. The molecule has 0 fully saturated rings. The Hall–Kier alpha value is -4.11. The normalized spacial score (nSPS) is 12.2. The van der Waals surface area contributed by atoms with E-state index in [0.717, 1.165) is 27.9 Å². The molecule has 0 aliphatic rings. The second-order valence-corrected chi connectivity index (χ2v) is 10.3. The highest BCUT2D eigenvalue weighted by Crippen LogP contribution is 2.26. The highest BCUT2D eigenvalue weighted by Gasteiger charge is 2.13. The Balaban J connectivity index is 1.31. The maximum absolute atomic E-state index is 12.5. The van der Waals surface area contributed by atoms with Gasteiger partial charge in [-0.2, -0.15) is 0 Å². The predicted molar refractivity (Wildman–Crippen MR) is 137 cm³/mol. The molecule has 9 heteroatoms. The largest absolute Gasteiger partial charge is 0.345 e. The van der Waals surface area contributed by atoms with Gasteiger partial charge in [0, 0.05) is 35.6 Å². The van der Waals surface area contributed by atoms with E-state index in [0.29, 0.717) is 17.0 Å². The molecular formula is C26H24N6O2S. The summed E-state index contributed by atoms with van der Waals surface area (Å²) in [6.07, 6.45) is 6.80. The number of pyridine rings is 2. The Kier molecular flexibility index (Phi) is 6.24. The van der Waals surface area contributed by atoms with E-state index < -0.39 is 11.0 Å². The van der Waals surface area contributed by atoms with Gasteiger partial charge in [-0.15, -0.1) is 0 Å². The zero-order chi connectivity index (χ0) is 24.4. The van der Waals surface area contributed by atoms with Crippen LogP contribution in [0.5, 0.6) is 0 Å². The van der Waals surface area contributed by atoms with Crippen LogP contribution in [0.25, 0.3) is 33.5 Å². The molecule has 0 saturated heterocycles. The fourth-order valence-corrected chi connectivity index (χ4v) is 4.61. The summed E-state index contributed by atoms with van der Waals surface area (Å²) >= 11 is 0. The molecule has 0 spiro atoms. The summed E-state index contributed by atoms with van der Waals surface area (Å²) in [5.41, 5.74) is 5.80. The zero-order valence-corrected chi connectivity index (χ0v) is 20.1. The molecule has 4 aromatic heterocycles. The van der Waals surface area contributed by atoms with Gasteiger partial charge < -0.3 is 10.3 Å². The molecule has 4 heterocycles. The third-order valence-corrected chi connectivity index (χ3v) is 6.97. The van der Waals surface area contributed by atoms with Gasteiger partial charge in [-0.05, 0) is 61.4 Å². The fourth-order valence-electron chi connectivity index (χ4n) is 3.72. The molecule has 176 valence electrons. The van der Waals surface area contributed by atoms with Gasteiger partial charge in [0.15, 0.2) is 5.65 Å². The minimum Gasteiger partial charge on any atom is -0.345 e. The van der Waals surface area contributed by atoms with E-state index in [1.54, 1.807) is 34.8 Å². The van der Waals surface area contributed by atoms with Crippen molar-refractivity contribution in [3.8, 4) is 22.4 Å². The van der Waals surface area contributed by atoms with Crippen molar-refractivity contribution < 1.29 is 9.00 Å². The van der Waals surface area contributed by atoms with Gasteiger partial charge in [-0.1, -0.05) is 18.2 Å². The number of hydrogen-bond acceptors (Lipinski definition) is 5. The number of carbonyl (C=O) groups is 1. The maximum atomic E-state index is 12.5. The second kappa shape index (κ2) is 9.63. The van der Waals surface area contributed by atoms with Crippen molar-refractivity contribution in [2.45, 2.75) is 25.6 Å². The highest BCUT2D eigenvalue weighted by molar-refractivity contribution is 7.84. The van der Waals surface area contributed by atoms with Crippen molar-refractivity contribution in [2.75, 3.05) is 0 Å². The van der Waals surface area contributed by atoms with Crippen molar-refractivity contribution in [3.05, 3.63) is 90.8 Å². The lowest BCUT2D eigenvalue weighted by molar-refractivity contribution is 0.0950. The zero-order valence-electron chi connectivity index (χ0n) is 19.3. The van der Waals surface area contributed by atoms with Gasteiger partial charge >= 0.3 is 0 Å². The SMILES string of the molecule is CC(C)S(=O)n1ccc(C(=O)NCc2nc3nc(-c4cccc(-c5ccncc5)c4)ccc3[nH]2)c1. The molecule has 1 aromatic carbocycles. The molecule has 0 bridgehead atoms. The van der Waals surface area contributed by atoms with E-state index in [4.69, 9.17) is 4.98 Å². The summed E-state index contributed by atoms with van der Waals surface area (Å²) in [6.45, 7) is 3.96. The lowest BCUT2D eigenvalue weighted by atomic mass is 10.0. The van der Waals surface area contributed by atoms with Crippen LogP contribution in [0.4, 0.5) is 0 Å². The summed E-state index contributed by atoms with van der Waals surface area (Å²) in [7, 11) is -1.20. The van der Waals surface area contributed by atoms with Crippen molar-refractivity contribution >= 4 is 28.1 Å². The van der Waals surface area contributed by atoms with Crippen LogP contribution in [0.3, 0.4) is 0 Å². The van der Waals surface area contributed by atoms with Crippen molar-refractivity contribution in [3.63, 3.8) is 0 Å². The van der Waals surface area contributed by atoms with Crippen molar-refractivity contribution in [2.24, 2.45) is 0 Å². The number of nitrogens with one attached hydrogen (secondary N) is 2. The molecule has 35 heavy (non-hydrogen) atoms. The number of aromatic amines is 1. The van der Waals surface area contributed by atoms with Crippen LogP contribution >= 0.6 is 0 Å². The van der Waals surface area contributed by atoms with Gasteiger partial charge in [-0.3, -0.25) is 13.8 Å². The fraction of sp³-hybridized carbons (Fsp3) is 0.154. The Labute approximate surface area is 205 Å². The van der Waals surface area contributed by atoms with Crippen molar-refractivity contribution in [1.82, 2.24) is 29.2 Å². The number of carbonyl (C=O) groups excluding carboxylic acids is 1. The van der Waals surface area contributed by atoms with Gasteiger partial charge in [0.05, 0.1) is 23.3 Å². The molecule has 1 unspecified atom stereocenters. The van der Waals surface area contributed by atoms with Crippen LogP contribution in [0, 0.1) is 0 Å². The van der Waals surface area contributed by atoms with E-state index >= 15 is 0 Å².